The van der Waals surface area contributed by atoms with Crippen molar-refractivity contribution in [3.05, 3.63) is 78.2 Å². The van der Waals surface area contributed by atoms with Crippen molar-refractivity contribution in [2.75, 3.05) is 0 Å². The second kappa shape index (κ2) is 12.6. The molecular weight excluding hydrogens is 256 g/mol. The van der Waals surface area contributed by atoms with Crippen molar-refractivity contribution in [1.29, 1.82) is 0 Å². The van der Waals surface area contributed by atoms with Crippen LogP contribution in [0.5, 0.6) is 0 Å². The predicted octanol–water partition coefficient (Wildman–Crippen LogP) is 4.84. The molecule has 0 saturated carbocycles. The van der Waals surface area contributed by atoms with Crippen LogP contribution in [0.15, 0.2) is 54.6 Å². The number of benzene rings is 2. The van der Waals surface area contributed by atoms with Crippen LogP contribution in [0.25, 0.3) is 0 Å². The molecule has 0 fully saturated rings. The molecule has 2 aromatic carbocycles. The van der Waals surface area contributed by atoms with E-state index in [2.05, 4.69) is 56.7 Å². The third-order valence-electron chi connectivity index (χ3n) is 2.62. The molecule has 0 unspecified atom stereocenters. The Bertz CT molecular complexity index is 395. The van der Waals surface area contributed by atoms with E-state index in [1.807, 2.05) is 24.3 Å². The van der Waals surface area contributed by atoms with Gasteiger partial charge in [-0.25, -0.2) is 0 Å². The molecular formula is C18H22Ca. The van der Waals surface area contributed by atoms with Crippen molar-refractivity contribution in [2.45, 2.75) is 33.1 Å². The first-order chi connectivity index (χ1) is 8.83. The zero-order valence-corrected chi connectivity index (χ0v) is 14.3. The van der Waals surface area contributed by atoms with Crippen LogP contribution in [0.2, 0.25) is 0 Å². The van der Waals surface area contributed by atoms with Gasteiger partial charge >= 0.3 is 37.7 Å². The van der Waals surface area contributed by atoms with E-state index in [9.17, 15) is 0 Å². The van der Waals surface area contributed by atoms with Gasteiger partial charge < -0.3 is 0 Å². The Balaban J connectivity index is 0.000000352. The summed E-state index contributed by atoms with van der Waals surface area (Å²) in [7, 11) is 0. The van der Waals surface area contributed by atoms with Crippen LogP contribution in [0.3, 0.4) is 0 Å². The van der Waals surface area contributed by atoms with Crippen LogP contribution in [0.4, 0.5) is 0 Å². The molecule has 1 heteroatoms. The fourth-order valence-corrected chi connectivity index (χ4v) is 1.53. The standard InChI is InChI=1S/C11H15.C7H7.Ca/c1-2-3-5-8-11-9-6-4-7-10-11;1-7-5-3-2-4-6-7;/h4,6-10H,2-3,5H2,1H3;3-6H,1H3;/q2*-1;+2. The smallest absolute Gasteiger partial charge is 0.192 e. The fourth-order valence-electron chi connectivity index (χ4n) is 1.53. The van der Waals surface area contributed by atoms with E-state index in [0.29, 0.717) is 0 Å². The second-order valence-corrected chi connectivity index (χ2v) is 4.33. The topological polar surface area (TPSA) is 0 Å². The normalized spacial score (nSPS) is 8.74. The number of hydrogen-bond acceptors (Lipinski definition) is 0. The molecule has 0 atom stereocenters. The molecule has 0 heterocycles. The Hall–Kier alpha value is -0.430. The molecule has 2 aromatic rings. The summed E-state index contributed by atoms with van der Waals surface area (Å²) in [4.78, 5) is 0. The Kier molecular flexibility index (Phi) is 12.3. The summed E-state index contributed by atoms with van der Waals surface area (Å²) < 4.78 is 0. The summed E-state index contributed by atoms with van der Waals surface area (Å²) in [6.07, 6.45) is 6.09. The maximum atomic E-state index is 2.93. The first-order valence-corrected chi connectivity index (χ1v) is 6.64. The third-order valence-corrected chi connectivity index (χ3v) is 2.62. The fraction of sp³-hybridized carbons (Fsp3) is 0.278. The molecule has 0 aliphatic rings. The summed E-state index contributed by atoms with van der Waals surface area (Å²) in [6.45, 7) is 4.28. The zero-order chi connectivity index (χ0) is 13.1. The molecule has 0 spiro atoms. The summed E-state index contributed by atoms with van der Waals surface area (Å²) in [5, 5.41) is 0. The second-order valence-electron chi connectivity index (χ2n) is 4.33. The van der Waals surface area contributed by atoms with Crippen molar-refractivity contribution >= 4 is 37.7 Å². The van der Waals surface area contributed by atoms with Gasteiger partial charge in [0.05, 0.1) is 0 Å². The largest absolute Gasteiger partial charge is 2.00 e. The molecule has 0 aliphatic heterocycles. The zero-order valence-electron chi connectivity index (χ0n) is 12.1. The van der Waals surface area contributed by atoms with Gasteiger partial charge in [0.2, 0.25) is 0 Å². The average Bonchev–Trinajstić information content (AvgIpc) is 2.42. The summed E-state index contributed by atoms with van der Waals surface area (Å²) in [5.74, 6) is 0. The minimum absolute atomic E-state index is 0. The van der Waals surface area contributed by atoms with Gasteiger partial charge in [0.15, 0.2) is 0 Å². The number of aryl methyl sites for hydroxylation is 1. The summed E-state index contributed by atoms with van der Waals surface area (Å²) in [5.41, 5.74) is 2.64. The predicted molar refractivity (Wildman–Crippen MR) is 85.1 cm³/mol. The van der Waals surface area contributed by atoms with E-state index in [-0.39, 0.29) is 37.7 Å². The molecule has 2 rings (SSSR count). The van der Waals surface area contributed by atoms with E-state index in [0.717, 1.165) is 0 Å². The van der Waals surface area contributed by atoms with Crippen LogP contribution >= 0.6 is 0 Å². The first-order valence-electron chi connectivity index (χ1n) is 6.64. The van der Waals surface area contributed by atoms with E-state index >= 15 is 0 Å². The minimum Gasteiger partial charge on any atom is -0.192 e. The Labute approximate surface area is 148 Å². The van der Waals surface area contributed by atoms with Gasteiger partial charge in [0, 0.05) is 0 Å². The van der Waals surface area contributed by atoms with E-state index in [1.165, 1.54) is 30.4 Å². The molecule has 96 valence electrons. The molecule has 0 bridgehead atoms. The van der Waals surface area contributed by atoms with Gasteiger partial charge in [-0.3, -0.25) is 0 Å². The van der Waals surface area contributed by atoms with E-state index in [1.54, 1.807) is 0 Å². The Morgan fingerprint density at radius 2 is 1.63 bits per heavy atom. The minimum atomic E-state index is 0. The average molecular weight is 278 g/mol. The Morgan fingerprint density at radius 1 is 1.00 bits per heavy atom. The van der Waals surface area contributed by atoms with Crippen LogP contribution in [-0.2, 0) is 0 Å². The summed E-state index contributed by atoms with van der Waals surface area (Å²) in [6, 6.07) is 21.3. The molecule has 0 saturated heterocycles. The maximum Gasteiger partial charge on any atom is 2.00 e. The van der Waals surface area contributed by atoms with Gasteiger partial charge in [-0.1, -0.05) is 39.2 Å². The first kappa shape index (κ1) is 18.6. The molecule has 0 radical (unpaired) electrons. The van der Waals surface area contributed by atoms with Crippen molar-refractivity contribution in [1.82, 2.24) is 0 Å². The van der Waals surface area contributed by atoms with Crippen LogP contribution in [0, 0.1) is 19.4 Å². The molecule has 19 heavy (non-hydrogen) atoms. The Morgan fingerprint density at radius 3 is 2.11 bits per heavy atom. The number of hydrogen-bond donors (Lipinski definition) is 0. The SMILES string of the molecule is CCCC[CH-]c1ccccc1.Cc1cc[c-]cc1.[Ca+2]. The molecule has 0 amide bonds. The van der Waals surface area contributed by atoms with Crippen molar-refractivity contribution in [3.8, 4) is 0 Å². The monoisotopic (exact) mass is 278 g/mol. The third kappa shape index (κ3) is 10.1. The maximum absolute atomic E-state index is 2.93. The molecule has 0 aromatic heterocycles. The van der Waals surface area contributed by atoms with Gasteiger partial charge in [-0.05, 0) is 0 Å². The van der Waals surface area contributed by atoms with Gasteiger partial charge in [-0.15, -0.1) is 12.1 Å². The van der Waals surface area contributed by atoms with E-state index < -0.39 is 0 Å². The molecule has 0 aliphatic carbocycles. The number of unbranched alkanes of at least 4 members (excludes halogenated alkanes) is 2. The van der Waals surface area contributed by atoms with Crippen molar-refractivity contribution < 1.29 is 0 Å². The van der Waals surface area contributed by atoms with Gasteiger partial charge in [0.1, 0.15) is 0 Å². The van der Waals surface area contributed by atoms with Gasteiger partial charge in [0.25, 0.3) is 0 Å². The van der Waals surface area contributed by atoms with E-state index in [4.69, 9.17) is 0 Å². The van der Waals surface area contributed by atoms with Crippen LogP contribution < -0.4 is 0 Å². The van der Waals surface area contributed by atoms with Crippen LogP contribution in [-0.4, -0.2) is 37.7 Å². The van der Waals surface area contributed by atoms with Crippen LogP contribution in [0.1, 0.15) is 37.3 Å². The molecule has 0 N–H and O–H groups in total. The van der Waals surface area contributed by atoms with Crippen molar-refractivity contribution in [3.63, 3.8) is 0 Å². The summed E-state index contributed by atoms with van der Waals surface area (Å²) >= 11 is 0. The van der Waals surface area contributed by atoms with Crippen molar-refractivity contribution in [2.24, 2.45) is 0 Å². The molecule has 0 nitrogen and oxygen atoms in total. The number of rotatable bonds is 4. The van der Waals surface area contributed by atoms with Gasteiger partial charge in [-0.2, -0.15) is 60.0 Å². The quantitative estimate of drug-likeness (QED) is 0.426.